The highest BCUT2D eigenvalue weighted by Crippen LogP contribution is 2.22. The predicted molar refractivity (Wildman–Crippen MR) is 58.7 cm³/mol. The lowest BCUT2D eigenvalue weighted by Gasteiger charge is -2.20. The second-order valence-electron chi connectivity index (χ2n) is 3.70. The molecule has 0 saturated carbocycles. The van der Waals surface area contributed by atoms with Crippen molar-refractivity contribution < 1.29 is 22.3 Å². The van der Waals surface area contributed by atoms with Crippen molar-refractivity contribution in [3.05, 3.63) is 12.7 Å². The van der Waals surface area contributed by atoms with Crippen LogP contribution in [-0.4, -0.2) is 38.1 Å². The highest BCUT2D eigenvalue weighted by molar-refractivity contribution is 4.74. The summed E-state index contributed by atoms with van der Waals surface area (Å²) >= 11 is 0. The Bertz CT molecular complexity index is 212. The molecule has 0 radical (unpaired) electrons. The zero-order valence-electron chi connectivity index (χ0n) is 9.89. The van der Waals surface area contributed by atoms with Crippen LogP contribution in [0.4, 0.5) is 17.6 Å². The molecule has 0 spiro atoms. The van der Waals surface area contributed by atoms with Crippen molar-refractivity contribution in [3.63, 3.8) is 0 Å². The van der Waals surface area contributed by atoms with E-state index in [4.69, 9.17) is 0 Å². The second-order valence-corrected chi connectivity index (χ2v) is 3.70. The fraction of sp³-hybridized carbons (Fsp3) is 0.818. The van der Waals surface area contributed by atoms with Crippen LogP contribution in [0.1, 0.15) is 19.8 Å². The number of halogens is 4. The van der Waals surface area contributed by atoms with Gasteiger partial charge in [-0.2, -0.15) is 8.78 Å². The van der Waals surface area contributed by atoms with Gasteiger partial charge in [0.2, 0.25) is 0 Å². The van der Waals surface area contributed by atoms with E-state index in [-0.39, 0.29) is 12.6 Å². The molecule has 1 unspecified atom stereocenters. The van der Waals surface area contributed by atoms with Crippen LogP contribution in [-0.2, 0) is 4.74 Å². The summed E-state index contributed by atoms with van der Waals surface area (Å²) in [4.78, 5) is 0. The lowest BCUT2D eigenvalue weighted by atomic mass is 10.1. The van der Waals surface area contributed by atoms with Crippen molar-refractivity contribution >= 4 is 0 Å². The van der Waals surface area contributed by atoms with Gasteiger partial charge in [-0.05, 0) is 19.4 Å². The van der Waals surface area contributed by atoms with Gasteiger partial charge in [0.15, 0.2) is 0 Å². The predicted octanol–water partition coefficient (Wildman–Crippen LogP) is 2.85. The molecule has 102 valence electrons. The highest BCUT2D eigenvalue weighted by Gasteiger charge is 2.41. The average Bonchev–Trinajstić information content (AvgIpc) is 2.25. The van der Waals surface area contributed by atoms with E-state index in [0.717, 1.165) is 0 Å². The molecule has 0 aromatic heterocycles. The van der Waals surface area contributed by atoms with Gasteiger partial charge in [0.1, 0.15) is 6.61 Å². The number of allylic oxidation sites excluding steroid dienone is 1. The Kier molecular flexibility index (Phi) is 8.16. The molecule has 0 rings (SSSR count). The minimum Gasteiger partial charge on any atom is -0.373 e. The van der Waals surface area contributed by atoms with Crippen LogP contribution in [0.5, 0.6) is 0 Å². The largest absolute Gasteiger partial charge is 0.373 e. The van der Waals surface area contributed by atoms with Gasteiger partial charge in [-0.1, -0.05) is 13.0 Å². The van der Waals surface area contributed by atoms with Crippen molar-refractivity contribution in [2.75, 3.05) is 19.8 Å². The number of alkyl halides is 4. The quantitative estimate of drug-likeness (QED) is 0.480. The summed E-state index contributed by atoms with van der Waals surface area (Å²) in [7, 11) is 0. The Hall–Kier alpha value is -0.620. The van der Waals surface area contributed by atoms with Crippen LogP contribution in [0.25, 0.3) is 0 Å². The Labute approximate surface area is 99.0 Å². The molecule has 0 bridgehead atoms. The molecule has 0 aromatic rings. The number of hydrogen-bond acceptors (Lipinski definition) is 2. The van der Waals surface area contributed by atoms with E-state index in [0.29, 0.717) is 19.4 Å². The van der Waals surface area contributed by atoms with Gasteiger partial charge in [-0.3, -0.25) is 0 Å². The first kappa shape index (κ1) is 16.4. The molecule has 0 saturated heterocycles. The van der Waals surface area contributed by atoms with Crippen molar-refractivity contribution in [3.8, 4) is 0 Å². The summed E-state index contributed by atoms with van der Waals surface area (Å²) in [6.45, 7) is 4.82. The fourth-order valence-corrected chi connectivity index (χ4v) is 1.25. The summed E-state index contributed by atoms with van der Waals surface area (Å²) in [6, 6.07) is -0.119. The SMILES string of the molecule is C=CCCC(COCC(F)(F)C(F)F)NCC. The Morgan fingerprint density at radius 2 is 2.06 bits per heavy atom. The summed E-state index contributed by atoms with van der Waals surface area (Å²) in [5, 5.41) is 3.03. The van der Waals surface area contributed by atoms with Gasteiger partial charge >= 0.3 is 12.3 Å². The van der Waals surface area contributed by atoms with Crippen molar-refractivity contribution in [2.24, 2.45) is 0 Å². The third-order valence-corrected chi connectivity index (χ3v) is 2.14. The van der Waals surface area contributed by atoms with Crippen LogP contribution < -0.4 is 5.32 Å². The number of ether oxygens (including phenoxy) is 1. The molecule has 0 aliphatic heterocycles. The smallest absolute Gasteiger partial charge is 0.330 e. The molecule has 6 heteroatoms. The van der Waals surface area contributed by atoms with Gasteiger partial charge in [0, 0.05) is 6.04 Å². The molecule has 17 heavy (non-hydrogen) atoms. The van der Waals surface area contributed by atoms with E-state index in [1.807, 2.05) is 6.92 Å². The lowest BCUT2D eigenvalue weighted by Crippen LogP contribution is -2.37. The second kappa shape index (κ2) is 8.47. The average molecular weight is 257 g/mol. The monoisotopic (exact) mass is 257 g/mol. The number of likely N-dealkylation sites (N-methyl/N-ethyl adjacent to an activating group) is 1. The first-order chi connectivity index (χ1) is 7.94. The first-order valence-corrected chi connectivity index (χ1v) is 5.52. The van der Waals surface area contributed by atoms with Gasteiger partial charge in [-0.15, -0.1) is 6.58 Å². The van der Waals surface area contributed by atoms with E-state index in [1.165, 1.54) is 0 Å². The first-order valence-electron chi connectivity index (χ1n) is 5.52. The molecule has 1 atom stereocenters. The third kappa shape index (κ3) is 7.33. The lowest BCUT2D eigenvalue weighted by molar-refractivity contribution is -0.167. The standard InChI is InChI=1S/C11H19F4NO/c1-3-5-6-9(16-4-2)7-17-8-11(14,15)10(12)13/h3,9-10,16H,1,4-8H2,2H3. The third-order valence-electron chi connectivity index (χ3n) is 2.14. The molecule has 0 heterocycles. The maximum atomic E-state index is 12.5. The van der Waals surface area contributed by atoms with Crippen LogP contribution in [0.15, 0.2) is 12.7 Å². The van der Waals surface area contributed by atoms with Gasteiger partial charge in [0.25, 0.3) is 0 Å². The van der Waals surface area contributed by atoms with E-state index in [1.54, 1.807) is 6.08 Å². The Morgan fingerprint density at radius 1 is 1.41 bits per heavy atom. The van der Waals surface area contributed by atoms with Crippen molar-refractivity contribution in [2.45, 2.75) is 38.2 Å². The minimum absolute atomic E-state index is 0.00993. The summed E-state index contributed by atoms with van der Waals surface area (Å²) < 4.78 is 53.3. The maximum Gasteiger partial charge on any atom is 0.330 e. The van der Waals surface area contributed by atoms with E-state index in [9.17, 15) is 17.6 Å². The normalized spacial score (nSPS) is 14.0. The molecule has 0 fully saturated rings. The summed E-state index contributed by atoms with van der Waals surface area (Å²) in [5.41, 5.74) is 0. The fourth-order valence-electron chi connectivity index (χ4n) is 1.25. The minimum atomic E-state index is -4.07. The molecule has 0 amide bonds. The Morgan fingerprint density at radius 3 is 2.53 bits per heavy atom. The summed E-state index contributed by atoms with van der Waals surface area (Å²) in [6.07, 6.45) is -0.588. The van der Waals surface area contributed by atoms with Crippen LogP contribution in [0, 0.1) is 0 Å². The van der Waals surface area contributed by atoms with Crippen LogP contribution in [0.3, 0.4) is 0 Å². The van der Waals surface area contributed by atoms with Gasteiger partial charge < -0.3 is 10.1 Å². The molecular weight excluding hydrogens is 238 g/mol. The van der Waals surface area contributed by atoms with Crippen LogP contribution in [0.2, 0.25) is 0 Å². The number of rotatable bonds is 10. The van der Waals surface area contributed by atoms with Gasteiger partial charge in [-0.25, -0.2) is 8.78 Å². The molecule has 0 aliphatic rings. The summed E-state index contributed by atoms with van der Waals surface area (Å²) in [5.74, 6) is -4.07. The van der Waals surface area contributed by atoms with E-state index >= 15 is 0 Å². The van der Waals surface area contributed by atoms with Crippen LogP contribution >= 0.6 is 0 Å². The molecule has 0 aromatic carbocycles. The zero-order chi connectivity index (χ0) is 13.3. The van der Waals surface area contributed by atoms with E-state index < -0.39 is 19.0 Å². The molecule has 2 nitrogen and oxygen atoms in total. The molecule has 0 aliphatic carbocycles. The molecular formula is C11H19F4NO. The number of nitrogens with one attached hydrogen (secondary N) is 1. The van der Waals surface area contributed by atoms with Crippen molar-refractivity contribution in [1.29, 1.82) is 0 Å². The maximum absolute atomic E-state index is 12.5. The zero-order valence-corrected chi connectivity index (χ0v) is 9.89. The van der Waals surface area contributed by atoms with E-state index in [2.05, 4.69) is 16.6 Å². The van der Waals surface area contributed by atoms with Crippen molar-refractivity contribution in [1.82, 2.24) is 5.32 Å². The number of hydrogen-bond donors (Lipinski definition) is 1. The highest BCUT2D eigenvalue weighted by atomic mass is 19.3. The topological polar surface area (TPSA) is 21.3 Å². The Balaban J connectivity index is 3.91. The molecule has 1 N–H and O–H groups in total. The van der Waals surface area contributed by atoms with Gasteiger partial charge in [0.05, 0.1) is 6.61 Å².